The Labute approximate surface area is 198 Å². The van der Waals surface area contributed by atoms with Crippen LogP contribution in [0.1, 0.15) is 5.56 Å². The van der Waals surface area contributed by atoms with E-state index in [0.717, 1.165) is 9.87 Å². The number of nitrogens with one attached hydrogen (secondary N) is 1. The van der Waals surface area contributed by atoms with Gasteiger partial charge in [-0.15, -0.1) is 0 Å². The summed E-state index contributed by atoms with van der Waals surface area (Å²) in [4.78, 5) is 12.8. The Morgan fingerprint density at radius 1 is 1.03 bits per heavy atom. The average molecular weight is 489 g/mol. The van der Waals surface area contributed by atoms with Crippen molar-refractivity contribution < 1.29 is 22.7 Å². The average Bonchev–Trinajstić information content (AvgIpc) is 2.81. The Morgan fingerprint density at radius 2 is 1.73 bits per heavy atom. The molecule has 0 spiro atoms. The molecule has 174 valence electrons. The monoisotopic (exact) mass is 488 g/mol. The third-order valence-electron chi connectivity index (χ3n) is 4.74. The predicted molar refractivity (Wildman–Crippen MR) is 129 cm³/mol. The Balaban J connectivity index is 1.81. The first-order valence-electron chi connectivity index (χ1n) is 10.2. The van der Waals surface area contributed by atoms with Crippen molar-refractivity contribution in [1.82, 2.24) is 5.32 Å². The molecule has 1 amide bonds. The van der Waals surface area contributed by atoms with Crippen LogP contribution in [0.5, 0.6) is 11.5 Å². The summed E-state index contributed by atoms with van der Waals surface area (Å²) in [5.74, 6) is 0.457. The second kappa shape index (κ2) is 11.1. The molecule has 0 atom stereocenters. The molecule has 0 aromatic heterocycles. The van der Waals surface area contributed by atoms with Crippen LogP contribution in [-0.4, -0.2) is 41.1 Å². The van der Waals surface area contributed by atoms with Crippen molar-refractivity contribution in [2.75, 3.05) is 31.1 Å². The van der Waals surface area contributed by atoms with Crippen LogP contribution in [-0.2, 0) is 14.8 Å². The number of para-hydroxylation sites is 1. The minimum absolute atomic E-state index is 0.0512. The summed E-state index contributed by atoms with van der Waals surface area (Å²) in [7, 11) is -2.67. The number of ether oxygens (including phenoxy) is 2. The standard InChI is InChI=1S/C24H25ClN2O5S/c1-18-8-11-21(12-9-18)33(29,30)27(22-16-19(25)10-13-23(22)31-2)17-24(28)26-14-15-32-20-6-4-3-5-7-20/h3-13,16H,14-15,17H2,1-2H3,(H,26,28). The summed E-state index contributed by atoms with van der Waals surface area (Å²) in [6.45, 7) is 1.84. The Kier molecular flexibility index (Phi) is 8.19. The molecule has 0 saturated carbocycles. The van der Waals surface area contributed by atoms with Crippen LogP contribution in [0.2, 0.25) is 5.02 Å². The number of hydrogen-bond acceptors (Lipinski definition) is 5. The first-order valence-corrected chi connectivity index (χ1v) is 12.0. The van der Waals surface area contributed by atoms with Crippen LogP contribution in [0, 0.1) is 6.92 Å². The smallest absolute Gasteiger partial charge is 0.264 e. The Hall–Kier alpha value is -3.23. The lowest BCUT2D eigenvalue weighted by molar-refractivity contribution is -0.119. The highest BCUT2D eigenvalue weighted by atomic mass is 35.5. The normalized spacial score (nSPS) is 11.0. The maximum atomic E-state index is 13.5. The largest absolute Gasteiger partial charge is 0.495 e. The second-order valence-electron chi connectivity index (χ2n) is 7.15. The molecule has 0 bridgehead atoms. The number of amides is 1. The summed E-state index contributed by atoms with van der Waals surface area (Å²) < 4.78 is 38.9. The van der Waals surface area contributed by atoms with Gasteiger partial charge in [0.15, 0.2) is 0 Å². The van der Waals surface area contributed by atoms with Crippen LogP contribution < -0.4 is 19.1 Å². The number of carbonyl (C=O) groups is 1. The molecule has 0 unspecified atom stereocenters. The SMILES string of the molecule is COc1ccc(Cl)cc1N(CC(=O)NCCOc1ccccc1)S(=O)(=O)c1ccc(C)cc1. The highest BCUT2D eigenvalue weighted by Gasteiger charge is 2.29. The highest BCUT2D eigenvalue weighted by molar-refractivity contribution is 7.92. The van der Waals surface area contributed by atoms with Gasteiger partial charge in [0, 0.05) is 5.02 Å². The second-order valence-corrected chi connectivity index (χ2v) is 9.45. The van der Waals surface area contributed by atoms with Gasteiger partial charge in [0.1, 0.15) is 24.7 Å². The van der Waals surface area contributed by atoms with Gasteiger partial charge in [-0.2, -0.15) is 0 Å². The van der Waals surface area contributed by atoms with Gasteiger partial charge in [0.05, 0.1) is 24.2 Å². The van der Waals surface area contributed by atoms with Crippen LogP contribution in [0.3, 0.4) is 0 Å². The molecule has 3 rings (SSSR count). The van der Waals surface area contributed by atoms with Gasteiger partial charge >= 0.3 is 0 Å². The summed E-state index contributed by atoms with van der Waals surface area (Å²) >= 11 is 6.14. The first-order chi connectivity index (χ1) is 15.8. The lowest BCUT2D eigenvalue weighted by Crippen LogP contribution is -2.42. The number of benzene rings is 3. The Bertz CT molecular complexity index is 1190. The van der Waals surface area contributed by atoms with Crippen molar-refractivity contribution >= 4 is 33.2 Å². The summed E-state index contributed by atoms with van der Waals surface area (Å²) in [6.07, 6.45) is 0. The number of carbonyl (C=O) groups excluding carboxylic acids is 1. The molecule has 33 heavy (non-hydrogen) atoms. The fraction of sp³-hybridized carbons (Fsp3) is 0.208. The number of hydrogen-bond donors (Lipinski definition) is 1. The molecule has 0 heterocycles. The molecule has 0 aliphatic heterocycles. The van der Waals surface area contributed by atoms with E-state index in [4.69, 9.17) is 21.1 Å². The van der Waals surface area contributed by atoms with Crippen molar-refractivity contribution in [2.45, 2.75) is 11.8 Å². The van der Waals surface area contributed by atoms with E-state index < -0.39 is 22.5 Å². The number of halogens is 1. The quantitative estimate of drug-likeness (QED) is 0.435. The number of anilines is 1. The van der Waals surface area contributed by atoms with E-state index in [2.05, 4.69) is 5.32 Å². The van der Waals surface area contributed by atoms with Crippen LogP contribution in [0.15, 0.2) is 77.7 Å². The van der Waals surface area contributed by atoms with Crippen LogP contribution in [0.4, 0.5) is 5.69 Å². The lowest BCUT2D eigenvalue weighted by atomic mass is 10.2. The molecule has 0 aliphatic carbocycles. The molecule has 0 aliphatic rings. The van der Waals surface area contributed by atoms with Gasteiger partial charge < -0.3 is 14.8 Å². The number of methoxy groups -OCH3 is 1. The van der Waals surface area contributed by atoms with Gasteiger partial charge in [-0.25, -0.2) is 8.42 Å². The number of aryl methyl sites for hydroxylation is 1. The van der Waals surface area contributed by atoms with E-state index >= 15 is 0 Å². The molecular formula is C24H25ClN2O5S. The van der Waals surface area contributed by atoms with Crippen LogP contribution >= 0.6 is 11.6 Å². The van der Waals surface area contributed by atoms with Crippen molar-refractivity contribution in [3.8, 4) is 11.5 Å². The van der Waals surface area contributed by atoms with Gasteiger partial charge in [-0.3, -0.25) is 9.10 Å². The van der Waals surface area contributed by atoms with Crippen molar-refractivity contribution in [2.24, 2.45) is 0 Å². The van der Waals surface area contributed by atoms with Gasteiger partial charge in [-0.1, -0.05) is 47.5 Å². The third-order valence-corrected chi connectivity index (χ3v) is 6.75. The third kappa shape index (κ3) is 6.40. The molecule has 0 fully saturated rings. The van der Waals surface area contributed by atoms with Crippen molar-refractivity contribution in [1.29, 1.82) is 0 Å². The molecule has 3 aromatic rings. The highest BCUT2D eigenvalue weighted by Crippen LogP contribution is 2.34. The summed E-state index contributed by atoms with van der Waals surface area (Å²) in [5, 5.41) is 3.01. The maximum Gasteiger partial charge on any atom is 0.264 e. The number of sulfonamides is 1. The van der Waals surface area contributed by atoms with E-state index in [0.29, 0.717) is 10.8 Å². The van der Waals surface area contributed by atoms with Crippen molar-refractivity contribution in [3.63, 3.8) is 0 Å². The zero-order chi connectivity index (χ0) is 23.8. The zero-order valence-corrected chi connectivity index (χ0v) is 19.9. The number of nitrogens with zero attached hydrogens (tertiary/aromatic N) is 1. The van der Waals surface area contributed by atoms with E-state index in [1.165, 1.54) is 25.3 Å². The molecule has 9 heteroatoms. The topological polar surface area (TPSA) is 84.9 Å². The fourth-order valence-electron chi connectivity index (χ4n) is 3.06. The van der Waals surface area contributed by atoms with E-state index in [9.17, 15) is 13.2 Å². The maximum absolute atomic E-state index is 13.5. The van der Waals surface area contributed by atoms with Gasteiger partial charge in [-0.05, 0) is 49.4 Å². The fourth-order valence-corrected chi connectivity index (χ4v) is 4.65. The van der Waals surface area contributed by atoms with E-state index in [1.54, 1.807) is 24.3 Å². The molecule has 1 N–H and O–H groups in total. The van der Waals surface area contributed by atoms with Crippen molar-refractivity contribution in [3.05, 3.63) is 83.4 Å². The van der Waals surface area contributed by atoms with Crippen LogP contribution in [0.25, 0.3) is 0 Å². The van der Waals surface area contributed by atoms with E-state index in [1.807, 2.05) is 37.3 Å². The number of rotatable bonds is 10. The lowest BCUT2D eigenvalue weighted by Gasteiger charge is -2.26. The molecule has 7 nitrogen and oxygen atoms in total. The van der Waals surface area contributed by atoms with Gasteiger partial charge in [0.2, 0.25) is 5.91 Å². The summed E-state index contributed by atoms with van der Waals surface area (Å²) in [6, 6.07) is 20.2. The molecule has 0 saturated heterocycles. The molecular weight excluding hydrogens is 464 g/mol. The van der Waals surface area contributed by atoms with E-state index in [-0.39, 0.29) is 29.5 Å². The Morgan fingerprint density at radius 3 is 2.39 bits per heavy atom. The molecule has 3 aromatic carbocycles. The zero-order valence-electron chi connectivity index (χ0n) is 18.3. The first kappa shape index (κ1) is 24.4. The minimum Gasteiger partial charge on any atom is -0.495 e. The van der Waals surface area contributed by atoms with Gasteiger partial charge in [0.25, 0.3) is 10.0 Å². The summed E-state index contributed by atoms with van der Waals surface area (Å²) in [5.41, 5.74) is 1.08. The minimum atomic E-state index is -4.09. The predicted octanol–water partition coefficient (Wildman–Crippen LogP) is 4.05. The molecule has 0 radical (unpaired) electrons.